The molecule has 0 bridgehead atoms. The molecule has 1 aliphatic rings. The average molecular weight is 718 g/mol. The lowest BCUT2D eigenvalue weighted by Crippen LogP contribution is -2.21. The molecule has 14 nitrogen and oxygen atoms in total. The fourth-order valence-electron chi connectivity index (χ4n) is 7.44. The van der Waals surface area contributed by atoms with Crippen molar-refractivity contribution >= 4 is 52.1 Å². The van der Waals surface area contributed by atoms with E-state index in [4.69, 9.17) is 15.1 Å². The molecule has 0 fully saturated rings. The van der Waals surface area contributed by atoms with Gasteiger partial charge in [-0.15, -0.1) is 0 Å². The third kappa shape index (κ3) is 7.23. The fourth-order valence-corrected chi connectivity index (χ4v) is 7.44. The number of benzene rings is 2. The van der Waals surface area contributed by atoms with Crippen LogP contribution in [0.3, 0.4) is 0 Å². The van der Waals surface area contributed by atoms with Gasteiger partial charge in [0.25, 0.3) is 11.8 Å². The predicted molar refractivity (Wildman–Crippen MR) is 205 cm³/mol. The van der Waals surface area contributed by atoms with Crippen molar-refractivity contribution in [3.05, 3.63) is 81.9 Å². The number of anilines is 2. The van der Waals surface area contributed by atoms with Crippen molar-refractivity contribution in [2.45, 2.75) is 92.0 Å². The van der Waals surface area contributed by atoms with Crippen LogP contribution in [0.15, 0.2) is 42.5 Å². The van der Waals surface area contributed by atoms with Crippen LogP contribution in [0.1, 0.15) is 92.9 Å². The minimum atomic E-state index is -0.288. The van der Waals surface area contributed by atoms with E-state index in [0.29, 0.717) is 73.5 Å². The monoisotopic (exact) mass is 717 g/mol. The Balaban J connectivity index is 1.28. The third-order valence-electron chi connectivity index (χ3n) is 9.92. The van der Waals surface area contributed by atoms with Crippen LogP contribution in [0, 0.1) is 13.8 Å². The highest BCUT2D eigenvalue weighted by atomic mass is 16.2. The van der Waals surface area contributed by atoms with Gasteiger partial charge in [-0.25, -0.2) is 9.97 Å². The predicted octanol–water partition coefficient (Wildman–Crippen LogP) is 6.00. The quantitative estimate of drug-likeness (QED) is 0.211. The lowest BCUT2D eigenvalue weighted by Gasteiger charge is -2.13. The normalized spacial score (nSPS) is 15.0. The number of aromatic nitrogens is 8. The maximum Gasteiger partial charge on any atom is 0.276 e. The molecule has 6 aromatic rings. The van der Waals surface area contributed by atoms with Gasteiger partial charge in [-0.1, -0.05) is 18.6 Å². The minimum Gasteiger partial charge on any atom is -0.310 e. The summed E-state index contributed by atoms with van der Waals surface area (Å²) in [6.45, 7) is 8.85. The van der Waals surface area contributed by atoms with Crippen LogP contribution >= 0.6 is 0 Å². The summed E-state index contributed by atoms with van der Waals surface area (Å²) in [5.41, 5.74) is 8.45. The number of aryl methyl sites for hydroxylation is 6. The van der Waals surface area contributed by atoms with Crippen LogP contribution in [0.5, 0.6) is 0 Å². The van der Waals surface area contributed by atoms with Crippen molar-refractivity contribution in [3.8, 4) is 0 Å². The van der Waals surface area contributed by atoms with Crippen LogP contribution in [0.25, 0.3) is 22.1 Å². The van der Waals surface area contributed by atoms with E-state index in [-0.39, 0.29) is 11.8 Å². The highest BCUT2D eigenvalue weighted by Crippen LogP contribution is 2.28. The van der Waals surface area contributed by atoms with E-state index >= 15 is 0 Å². The van der Waals surface area contributed by atoms with Crippen molar-refractivity contribution in [1.82, 2.24) is 43.6 Å². The molecule has 0 spiro atoms. The van der Waals surface area contributed by atoms with E-state index in [1.807, 2.05) is 51.6 Å². The highest BCUT2D eigenvalue weighted by molar-refractivity contribution is 6.04. The number of nitrogens with zero attached hydrogens (tertiary/aromatic N) is 9. The molecule has 0 saturated heterocycles. The standard InChI is InChI=1S/C39H47N11O3/c1-6-49-35-29(26(3)45-49)14-8-7-9-20-50-33(21-25(2)44-50)36(52)42-38-40-30-22-27(24-51)16-17-31(30)47(38)18-10-11-19-48-32-15-12-13-28(23-46(4)5)34(32)41-39(48)43-37(35)53/h12-13,15-17,21-22,24H,6-11,14,18-20,23H2,1-5H3,(H,40,42,52)(H,41,43,53). The Morgan fingerprint density at radius 1 is 0.830 bits per heavy atom. The summed E-state index contributed by atoms with van der Waals surface area (Å²) in [4.78, 5) is 51.6. The van der Waals surface area contributed by atoms with Crippen molar-refractivity contribution in [3.63, 3.8) is 0 Å². The van der Waals surface area contributed by atoms with Gasteiger partial charge in [-0.05, 0) is 103 Å². The first-order valence-corrected chi connectivity index (χ1v) is 18.5. The summed E-state index contributed by atoms with van der Waals surface area (Å²) in [6.07, 6.45) is 5.49. The van der Waals surface area contributed by atoms with E-state index in [9.17, 15) is 14.4 Å². The number of fused-ring (bicyclic) bond motifs is 8. The van der Waals surface area contributed by atoms with Crippen molar-refractivity contribution in [2.24, 2.45) is 0 Å². The molecule has 0 atom stereocenters. The number of aldehydes is 1. The zero-order valence-electron chi connectivity index (χ0n) is 31.1. The molecule has 4 aromatic heterocycles. The van der Waals surface area contributed by atoms with Gasteiger partial charge in [-0.3, -0.25) is 34.4 Å². The number of carbonyl (C=O) groups excluding carboxylic acids is 3. The molecule has 53 heavy (non-hydrogen) atoms. The summed E-state index contributed by atoms with van der Waals surface area (Å²) in [5.74, 6) is 0.409. The molecular formula is C39H47N11O3. The lowest BCUT2D eigenvalue weighted by atomic mass is 10.0. The van der Waals surface area contributed by atoms with Crippen molar-refractivity contribution in [1.29, 1.82) is 0 Å². The van der Waals surface area contributed by atoms with Crippen LogP contribution in [0.4, 0.5) is 11.9 Å². The van der Waals surface area contributed by atoms with Gasteiger partial charge in [0.15, 0.2) is 0 Å². The Bertz CT molecular complexity index is 2320. The average Bonchev–Trinajstić information content (AvgIpc) is 3.87. The zero-order valence-corrected chi connectivity index (χ0v) is 31.1. The summed E-state index contributed by atoms with van der Waals surface area (Å²) in [6, 6.07) is 13.3. The van der Waals surface area contributed by atoms with Crippen LogP contribution in [-0.4, -0.2) is 75.8 Å². The zero-order chi connectivity index (χ0) is 37.2. The topological polar surface area (TPSA) is 150 Å². The Labute approximate surface area is 308 Å². The molecule has 0 aliphatic carbocycles. The molecule has 2 amide bonds. The third-order valence-corrected chi connectivity index (χ3v) is 9.92. The first-order valence-electron chi connectivity index (χ1n) is 18.5. The number of rotatable bonds is 4. The minimum absolute atomic E-state index is 0.218. The summed E-state index contributed by atoms with van der Waals surface area (Å²) in [5, 5.41) is 15.6. The number of para-hydroxylation sites is 1. The molecule has 0 radical (unpaired) electrons. The second-order valence-electron chi connectivity index (χ2n) is 14.1. The number of amides is 2. The van der Waals surface area contributed by atoms with Gasteiger partial charge in [0.2, 0.25) is 11.9 Å². The molecule has 2 aromatic carbocycles. The van der Waals surface area contributed by atoms with E-state index in [1.54, 1.807) is 27.6 Å². The summed E-state index contributed by atoms with van der Waals surface area (Å²) < 4.78 is 7.65. The van der Waals surface area contributed by atoms with Crippen LogP contribution in [-0.2, 0) is 39.1 Å². The molecule has 2 N–H and O–H groups in total. The summed E-state index contributed by atoms with van der Waals surface area (Å²) in [7, 11) is 4.06. The molecule has 276 valence electrons. The van der Waals surface area contributed by atoms with Crippen molar-refractivity contribution in [2.75, 3.05) is 24.7 Å². The number of hydrogen-bond donors (Lipinski definition) is 2. The Kier molecular flexibility index (Phi) is 10.2. The molecule has 14 heteroatoms. The van der Waals surface area contributed by atoms with E-state index in [0.717, 1.165) is 77.5 Å². The van der Waals surface area contributed by atoms with Crippen LogP contribution < -0.4 is 10.6 Å². The van der Waals surface area contributed by atoms with Gasteiger partial charge >= 0.3 is 0 Å². The van der Waals surface area contributed by atoms with Gasteiger partial charge in [-0.2, -0.15) is 10.2 Å². The first-order chi connectivity index (χ1) is 25.6. The molecule has 0 saturated carbocycles. The largest absolute Gasteiger partial charge is 0.310 e. The molecule has 0 unspecified atom stereocenters. The maximum atomic E-state index is 14.2. The SMILES string of the molecule is CCn1nc(C)c2c1C(=O)Nc1nc3c(CN(C)C)cccc3n1CCCCn1c(nc3cc(C=O)ccc31)NC(=O)c1cc(C)nn1CCCCC2. The fraction of sp³-hybridized carbons (Fsp3) is 0.410. The van der Waals surface area contributed by atoms with Gasteiger partial charge < -0.3 is 14.0 Å². The smallest absolute Gasteiger partial charge is 0.276 e. The number of imidazole rings is 2. The van der Waals surface area contributed by atoms with E-state index < -0.39 is 0 Å². The molecular weight excluding hydrogens is 671 g/mol. The van der Waals surface area contributed by atoms with E-state index in [1.165, 1.54) is 0 Å². The second-order valence-corrected chi connectivity index (χ2v) is 14.1. The Morgan fingerprint density at radius 3 is 2.32 bits per heavy atom. The summed E-state index contributed by atoms with van der Waals surface area (Å²) >= 11 is 0. The molecule has 5 heterocycles. The molecule has 1 aliphatic heterocycles. The Hall–Kier alpha value is -5.63. The van der Waals surface area contributed by atoms with Crippen molar-refractivity contribution < 1.29 is 14.4 Å². The molecule has 7 rings (SSSR count). The Morgan fingerprint density at radius 2 is 1.57 bits per heavy atom. The lowest BCUT2D eigenvalue weighted by molar-refractivity contribution is 0.100. The maximum absolute atomic E-state index is 14.2. The highest BCUT2D eigenvalue weighted by Gasteiger charge is 2.25. The number of carbonyl (C=O) groups is 3. The second kappa shape index (κ2) is 15.2. The van der Waals surface area contributed by atoms with E-state index in [2.05, 4.69) is 37.3 Å². The van der Waals surface area contributed by atoms with Gasteiger partial charge in [0.1, 0.15) is 17.7 Å². The number of hydrogen-bond acceptors (Lipinski definition) is 8. The van der Waals surface area contributed by atoms with Crippen LogP contribution in [0.2, 0.25) is 0 Å². The van der Waals surface area contributed by atoms with Gasteiger partial charge in [0.05, 0.1) is 33.5 Å². The first kappa shape index (κ1) is 35.8. The number of nitrogens with one attached hydrogen (secondary N) is 2. The van der Waals surface area contributed by atoms with Gasteiger partial charge in [0, 0.05) is 43.9 Å².